The molecule has 1 aromatic carbocycles. The average Bonchev–Trinajstić information content (AvgIpc) is 3.56. The van der Waals surface area contributed by atoms with Gasteiger partial charge < -0.3 is 42.0 Å². The van der Waals surface area contributed by atoms with E-state index < -0.39 is 35.9 Å². The minimum absolute atomic E-state index is 0.0956. The Morgan fingerprint density at radius 3 is 1.97 bits per heavy atom. The van der Waals surface area contributed by atoms with E-state index in [0.717, 1.165) is 25.1 Å². The number of nitrogens with one attached hydrogen (secondary N) is 5. The normalized spacial score (nSPS) is 13.6. The third kappa shape index (κ3) is 29.1. The van der Waals surface area contributed by atoms with Gasteiger partial charge in [0.15, 0.2) is 0 Å². The Hall–Kier alpha value is -5.24. The number of imide groups is 1. The number of carbonyl (C=O) groups excluding carboxylic acids is 9. The van der Waals surface area contributed by atoms with Gasteiger partial charge in [0, 0.05) is 45.7 Å². The molecule has 400 valence electrons. The molecule has 3 atom stereocenters. The Kier molecular flexibility index (Phi) is 37.7. The van der Waals surface area contributed by atoms with Gasteiger partial charge in [-0.1, -0.05) is 94.2 Å². The van der Waals surface area contributed by atoms with Crippen molar-refractivity contribution in [1.29, 1.82) is 0 Å². The summed E-state index contributed by atoms with van der Waals surface area (Å²) in [5.74, 6) is -1.36. The van der Waals surface area contributed by atoms with Crippen molar-refractivity contribution in [1.82, 2.24) is 36.0 Å². The van der Waals surface area contributed by atoms with Crippen LogP contribution in [-0.4, -0.2) is 146 Å². The zero-order valence-corrected chi connectivity index (χ0v) is 45.4. The molecule has 7 N–H and O–H groups in total. The summed E-state index contributed by atoms with van der Waals surface area (Å²) < 4.78 is 5.44. The number of hydrogen-bond acceptors (Lipinski definition) is 12. The number of ether oxygens (including phenoxy) is 1. The first-order chi connectivity index (χ1) is 33.1. The fourth-order valence-electron chi connectivity index (χ4n) is 6.54. The number of anilines is 1. The van der Waals surface area contributed by atoms with Crippen LogP contribution in [0.2, 0.25) is 0 Å². The van der Waals surface area contributed by atoms with Gasteiger partial charge in [-0.3, -0.25) is 48.2 Å². The van der Waals surface area contributed by atoms with Crippen molar-refractivity contribution in [3.8, 4) is 0 Å². The molecule has 0 aromatic heterocycles. The maximum atomic E-state index is 13.0. The zero-order chi connectivity index (χ0) is 53.8. The van der Waals surface area contributed by atoms with Gasteiger partial charge in [-0.05, 0) is 86.9 Å². The van der Waals surface area contributed by atoms with Gasteiger partial charge in [0.2, 0.25) is 47.8 Å². The predicted octanol–water partition coefficient (Wildman–Crippen LogP) is 5.06. The van der Waals surface area contributed by atoms with Crippen LogP contribution in [0, 0.1) is 17.8 Å². The highest BCUT2D eigenvalue weighted by Crippen LogP contribution is 2.27. The molecule has 0 bridgehead atoms. The van der Waals surface area contributed by atoms with E-state index in [1.807, 2.05) is 14.0 Å². The molecule has 0 radical (unpaired) electrons. The number of nitrogens with zero attached hydrogens (tertiary/aromatic N) is 3. The second-order valence-corrected chi connectivity index (χ2v) is 19.3. The SMILES string of the molecule is CCC.CCCN(C)C(=O)CNC(=O)C(C(C)C)N(C)C(=O)OCc1ccc(NC(=O)CNC(=O)C(NC(=O)CCCCCN2C(=O)CC(SCCC(C)C)C2=O)C(C)C)cc1.CCCNC.NC=O. The first-order valence-corrected chi connectivity index (χ1v) is 25.8. The van der Waals surface area contributed by atoms with Crippen LogP contribution < -0.4 is 32.3 Å². The van der Waals surface area contributed by atoms with E-state index in [2.05, 4.69) is 66.9 Å². The summed E-state index contributed by atoms with van der Waals surface area (Å²) in [4.78, 5) is 114. The number of unbranched alkanes of at least 4 members (excludes halogenated alkanes) is 2. The molecule has 2 rings (SSSR count). The lowest BCUT2D eigenvalue weighted by Gasteiger charge is -2.29. The lowest BCUT2D eigenvalue weighted by atomic mass is 10.0. The van der Waals surface area contributed by atoms with Crippen LogP contribution in [0.25, 0.3) is 0 Å². The van der Waals surface area contributed by atoms with Crippen LogP contribution in [-0.2, 0) is 49.7 Å². The van der Waals surface area contributed by atoms with Gasteiger partial charge in [-0.15, -0.1) is 11.8 Å². The highest BCUT2D eigenvalue weighted by molar-refractivity contribution is 8.00. The Morgan fingerprint density at radius 2 is 1.46 bits per heavy atom. The van der Waals surface area contributed by atoms with E-state index in [9.17, 15) is 38.4 Å². The van der Waals surface area contributed by atoms with Crippen LogP contribution in [0.3, 0.4) is 0 Å². The molecule has 0 saturated carbocycles. The van der Waals surface area contributed by atoms with E-state index >= 15 is 0 Å². The smallest absolute Gasteiger partial charge is 0.410 e. The van der Waals surface area contributed by atoms with Gasteiger partial charge >= 0.3 is 6.09 Å². The fraction of sp³-hybridized carbons (Fsp3) is 0.700. The maximum absolute atomic E-state index is 13.0. The summed E-state index contributed by atoms with van der Waals surface area (Å²) in [6, 6.07) is 4.84. The van der Waals surface area contributed by atoms with Crippen LogP contribution >= 0.6 is 11.8 Å². The molecular formula is C50H89N9O10S. The van der Waals surface area contributed by atoms with Crippen molar-refractivity contribution in [2.75, 3.05) is 64.9 Å². The van der Waals surface area contributed by atoms with Crippen LogP contribution in [0.1, 0.15) is 133 Å². The second kappa shape index (κ2) is 39.5. The summed E-state index contributed by atoms with van der Waals surface area (Å²) >= 11 is 1.55. The number of hydrogen-bond donors (Lipinski definition) is 6. The Balaban J connectivity index is 0. The van der Waals surface area contributed by atoms with Crippen molar-refractivity contribution in [3.63, 3.8) is 0 Å². The Bertz CT molecular complexity index is 1710. The molecular weight excluding hydrogens is 919 g/mol. The molecule has 19 nitrogen and oxygen atoms in total. The lowest BCUT2D eigenvalue weighted by Crippen LogP contribution is -2.52. The molecule has 1 saturated heterocycles. The molecule has 0 spiro atoms. The molecule has 9 amide bonds. The van der Waals surface area contributed by atoms with Crippen molar-refractivity contribution in [2.45, 2.75) is 151 Å². The molecule has 20 heteroatoms. The third-order valence-corrected chi connectivity index (χ3v) is 11.5. The molecule has 3 unspecified atom stereocenters. The van der Waals surface area contributed by atoms with Crippen LogP contribution in [0.4, 0.5) is 10.5 Å². The van der Waals surface area contributed by atoms with E-state index in [4.69, 9.17) is 9.53 Å². The van der Waals surface area contributed by atoms with Crippen LogP contribution in [0.5, 0.6) is 0 Å². The predicted molar refractivity (Wildman–Crippen MR) is 278 cm³/mol. The first kappa shape index (κ1) is 66.8. The zero-order valence-electron chi connectivity index (χ0n) is 44.6. The van der Waals surface area contributed by atoms with Gasteiger partial charge in [0.05, 0.1) is 18.3 Å². The monoisotopic (exact) mass is 1010 g/mol. The molecule has 1 aromatic rings. The molecule has 1 aliphatic heterocycles. The lowest BCUT2D eigenvalue weighted by molar-refractivity contribution is -0.138. The van der Waals surface area contributed by atoms with E-state index in [1.165, 1.54) is 34.6 Å². The molecule has 70 heavy (non-hydrogen) atoms. The number of amides is 9. The minimum atomic E-state index is -0.863. The largest absolute Gasteiger partial charge is 0.445 e. The van der Waals surface area contributed by atoms with Gasteiger partial charge in [0.25, 0.3) is 0 Å². The van der Waals surface area contributed by atoms with E-state index in [0.29, 0.717) is 49.5 Å². The first-order valence-electron chi connectivity index (χ1n) is 24.7. The number of likely N-dealkylation sites (tertiary alicyclic amines) is 1. The number of rotatable bonds is 27. The standard InChI is InChI=1S/C42H67N7O9S.C4H11N.C3H8.CH3NO/c1-10-20-47(8)36(53)25-44-40(55)38(29(6)7)48(9)42(57)58-26-30-15-17-31(18-16-30)45-34(51)24-43-39(54)37(28(4)5)46-33(50)14-12-11-13-21-49-35(52)23-32(41(49)56)59-22-19-27(2)3;1-3-4-5-2;1-3-2;2-1-3/h15-18,27-29,32,37-38H,10-14,19-26H2,1-9H3,(H,43,54)(H,44,55)(H,45,51)(H,46,50);5H,3-4H2,1-2H3;3H2,1-2H3;1H,(H2,2,3). The average molecular weight is 1010 g/mol. The summed E-state index contributed by atoms with van der Waals surface area (Å²) in [7, 11) is 5.09. The summed E-state index contributed by atoms with van der Waals surface area (Å²) in [5, 5.41) is 13.4. The molecule has 1 heterocycles. The third-order valence-electron chi connectivity index (χ3n) is 10.3. The van der Waals surface area contributed by atoms with E-state index in [1.54, 1.807) is 70.8 Å². The summed E-state index contributed by atoms with van der Waals surface area (Å²) in [6.07, 6.45) is 5.98. The minimum Gasteiger partial charge on any atom is -0.445 e. The van der Waals surface area contributed by atoms with Crippen molar-refractivity contribution in [2.24, 2.45) is 23.5 Å². The van der Waals surface area contributed by atoms with Gasteiger partial charge in [0.1, 0.15) is 18.7 Å². The second-order valence-electron chi connectivity index (χ2n) is 18.0. The fourth-order valence-corrected chi connectivity index (χ4v) is 7.96. The number of primary amides is 1. The number of likely N-dealkylation sites (N-methyl/N-ethyl adjacent to an activating group) is 2. The Labute approximate surface area is 423 Å². The Morgan fingerprint density at radius 1 is 0.857 bits per heavy atom. The van der Waals surface area contributed by atoms with Crippen molar-refractivity contribution in [3.05, 3.63) is 29.8 Å². The summed E-state index contributed by atoms with van der Waals surface area (Å²) in [6.45, 7) is 21.2. The maximum Gasteiger partial charge on any atom is 0.410 e. The van der Waals surface area contributed by atoms with E-state index in [-0.39, 0.29) is 79.7 Å². The summed E-state index contributed by atoms with van der Waals surface area (Å²) in [5.41, 5.74) is 5.24. The highest BCUT2D eigenvalue weighted by Gasteiger charge is 2.38. The number of thioether (sulfide) groups is 1. The quantitative estimate of drug-likeness (QED) is 0.0384. The number of carbonyl (C=O) groups is 9. The van der Waals surface area contributed by atoms with Crippen LogP contribution in [0.15, 0.2) is 24.3 Å². The van der Waals surface area contributed by atoms with Crippen molar-refractivity contribution < 1.29 is 47.9 Å². The molecule has 1 fully saturated rings. The number of benzene rings is 1. The van der Waals surface area contributed by atoms with Gasteiger partial charge in [-0.25, -0.2) is 4.79 Å². The van der Waals surface area contributed by atoms with Gasteiger partial charge in [-0.2, -0.15) is 0 Å². The van der Waals surface area contributed by atoms with Crippen molar-refractivity contribution >= 4 is 71.3 Å². The highest BCUT2D eigenvalue weighted by atomic mass is 32.2. The topological polar surface area (TPSA) is 259 Å². The number of nitrogens with two attached hydrogens (primary N) is 1. The molecule has 1 aliphatic rings. The molecule has 0 aliphatic carbocycles.